The summed E-state index contributed by atoms with van der Waals surface area (Å²) in [6, 6.07) is 15.3. The Balaban J connectivity index is 2.03. The number of aromatic nitrogens is 3. The summed E-state index contributed by atoms with van der Waals surface area (Å²) in [4.78, 5) is 13.1. The highest BCUT2D eigenvalue weighted by molar-refractivity contribution is 7.16. The summed E-state index contributed by atoms with van der Waals surface area (Å²) in [6.07, 6.45) is 0. The van der Waals surface area contributed by atoms with Gasteiger partial charge in [-0.25, -0.2) is 15.0 Å². The van der Waals surface area contributed by atoms with Crippen LogP contribution >= 0.6 is 22.9 Å². The van der Waals surface area contributed by atoms with Crippen LogP contribution in [0, 0.1) is 11.3 Å². The number of halogens is 1. The van der Waals surface area contributed by atoms with Gasteiger partial charge in [-0.05, 0) is 12.1 Å². The van der Waals surface area contributed by atoms with E-state index in [9.17, 15) is 5.26 Å². The standard InChI is InChI=1S/C18H10ClN5S/c19-12-6-11(7-14-17(12)22-9-25-14)16-15(10-4-2-1-3-5-10)24-18(21)13(8-20)23-16/h1-7,9H,(H2,21,24). The molecule has 0 aliphatic carbocycles. The van der Waals surface area contributed by atoms with E-state index >= 15 is 0 Å². The molecule has 5 nitrogen and oxygen atoms in total. The van der Waals surface area contributed by atoms with Crippen molar-refractivity contribution >= 4 is 39.0 Å². The first-order valence-corrected chi connectivity index (χ1v) is 8.59. The summed E-state index contributed by atoms with van der Waals surface area (Å²) in [5, 5.41) is 9.81. The minimum absolute atomic E-state index is 0.0928. The highest BCUT2D eigenvalue weighted by Crippen LogP contribution is 2.36. The molecule has 0 unspecified atom stereocenters. The maximum Gasteiger partial charge on any atom is 0.183 e. The zero-order valence-electron chi connectivity index (χ0n) is 12.8. The van der Waals surface area contributed by atoms with Crippen molar-refractivity contribution in [1.29, 1.82) is 5.26 Å². The predicted molar refractivity (Wildman–Crippen MR) is 100 cm³/mol. The average molecular weight is 364 g/mol. The number of anilines is 1. The summed E-state index contributed by atoms with van der Waals surface area (Å²) < 4.78 is 0.943. The SMILES string of the molecule is N#Cc1nc(-c2cc(Cl)c3ncsc3c2)c(-c2ccccc2)nc1N. The average Bonchev–Trinajstić information content (AvgIpc) is 3.11. The molecule has 4 aromatic rings. The highest BCUT2D eigenvalue weighted by Gasteiger charge is 2.17. The van der Waals surface area contributed by atoms with E-state index in [0.717, 1.165) is 21.3 Å². The molecule has 0 bridgehead atoms. The zero-order valence-corrected chi connectivity index (χ0v) is 14.3. The van der Waals surface area contributed by atoms with Crippen LogP contribution in [0.5, 0.6) is 0 Å². The van der Waals surface area contributed by atoms with Crippen LogP contribution < -0.4 is 5.73 Å². The molecule has 2 aromatic heterocycles. The Bertz CT molecular complexity index is 1130. The van der Waals surface area contributed by atoms with Crippen molar-refractivity contribution in [3.8, 4) is 28.6 Å². The number of rotatable bonds is 2. The molecule has 7 heteroatoms. The summed E-state index contributed by atoms with van der Waals surface area (Å²) in [5.41, 5.74) is 11.3. The molecular formula is C18H10ClN5S. The first-order chi connectivity index (χ1) is 12.2. The van der Waals surface area contributed by atoms with Crippen molar-refractivity contribution in [2.75, 3.05) is 5.73 Å². The second kappa shape index (κ2) is 6.13. The van der Waals surface area contributed by atoms with Gasteiger partial charge in [-0.2, -0.15) is 5.26 Å². The molecule has 0 aliphatic rings. The number of fused-ring (bicyclic) bond motifs is 1. The van der Waals surface area contributed by atoms with Gasteiger partial charge in [0.2, 0.25) is 0 Å². The Hall–Kier alpha value is -3.01. The van der Waals surface area contributed by atoms with Crippen LogP contribution in [-0.2, 0) is 0 Å². The van der Waals surface area contributed by atoms with Gasteiger partial charge in [0.25, 0.3) is 0 Å². The van der Waals surface area contributed by atoms with Crippen molar-refractivity contribution < 1.29 is 0 Å². The van der Waals surface area contributed by atoms with Crippen LogP contribution in [-0.4, -0.2) is 15.0 Å². The lowest BCUT2D eigenvalue weighted by molar-refractivity contribution is 1.18. The highest BCUT2D eigenvalue weighted by atomic mass is 35.5. The number of hydrogen-bond donors (Lipinski definition) is 1. The first kappa shape index (κ1) is 15.5. The van der Waals surface area contributed by atoms with E-state index in [-0.39, 0.29) is 11.5 Å². The van der Waals surface area contributed by atoms with E-state index in [1.165, 1.54) is 11.3 Å². The Kier molecular flexibility index (Phi) is 3.80. The third-order valence-electron chi connectivity index (χ3n) is 3.74. The molecule has 2 aromatic carbocycles. The van der Waals surface area contributed by atoms with Gasteiger partial charge in [-0.15, -0.1) is 11.3 Å². The van der Waals surface area contributed by atoms with Gasteiger partial charge in [0.1, 0.15) is 6.07 Å². The van der Waals surface area contributed by atoms with Crippen molar-refractivity contribution in [3.63, 3.8) is 0 Å². The summed E-state index contributed by atoms with van der Waals surface area (Å²) >= 11 is 7.85. The molecule has 0 amide bonds. The normalized spacial score (nSPS) is 10.7. The first-order valence-electron chi connectivity index (χ1n) is 7.33. The number of nitriles is 1. The van der Waals surface area contributed by atoms with E-state index in [1.54, 1.807) is 11.6 Å². The predicted octanol–water partition coefficient (Wildman–Crippen LogP) is 4.53. The third-order valence-corrected chi connectivity index (χ3v) is 4.80. The van der Waals surface area contributed by atoms with E-state index < -0.39 is 0 Å². The van der Waals surface area contributed by atoms with Crippen molar-refractivity contribution in [3.05, 3.63) is 58.7 Å². The smallest absolute Gasteiger partial charge is 0.183 e. The Labute approximate surface area is 152 Å². The van der Waals surface area contributed by atoms with E-state index in [4.69, 9.17) is 17.3 Å². The minimum Gasteiger partial charge on any atom is -0.381 e. The molecule has 2 heterocycles. The second-order valence-corrected chi connectivity index (χ2v) is 6.58. The Morgan fingerprint density at radius 3 is 2.56 bits per heavy atom. The van der Waals surface area contributed by atoms with Gasteiger partial charge in [0.15, 0.2) is 11.5 Å². The topological polar surface area (TPSA) is 88.5 Å². The van der Waals surface area contributed by atoms with E-state index in [0.29, 0.717) is 16.4 Å². The molecule has 0 spiro atoms. The fourth-order valence-electron chi connectivity index (χ4n) is 2.59. The fourth-order valence-corrected chi connectivity index (χ4v) is 3.66. The van der Waals surface area contributed by atoms with Gasteiger partial charge in [-0.3, -0.25) is 0 Å². The maximum absolute atomic E-state index is 9.28. The Morgan fingerprint density at radius 1 is 1.04 bits per heavy atom. The molecule has 25 heavy (non-hydrogen) atoms. The molecule has 4 rings (SSSR count). The van der Waals surface area contributed by atoms with Gasteiger partial charge in [-0.1, -0.05) is 41.9 Å². The summed E-state index contributed by atoms with van der Waals surface area (Å²) in [7, 11) is 0. The largest absolute Gasteiger partial charge is 0.381 e. The lowest BCUT2D eigenvalue weighted by Gasteiger charge is -2.11. The second-order valence-electron chi connectivity index (χ2n) is 5.29. The molecule has 2 N–H and O–H groups in total. The van der Waals surface area contributed by atoms with E-state index in [1.807, 2.05) is 42.5 Å². The molecule has 0 radical (unpaired) electrons. The van der Waals surface area contributed by atoms with Crippen LogP contribution in [0.1, 0.15) is 5.69 Å². The number of hydrogen-bond acceptors (Lipinski definition) is 6. The monoisotopic (exact) mass is 363 g/mol. The van der Waals surface area contributed by atoms with Crippen LogP contribution in [0.4, 0.5) is 5.82 Å². The molecule has 120 valence electrons. The number of thiazole rings is 1. The number of nitrogens with zero attached hydrogens (tertiary/aromatic N) is 4. The van der Waals surface area contributed by atoms with Crippen LogP contribution in [0.3, 0.4) is 0 Å². The maximum atomic E-state index is 9.28. The summed E-state index contributed by atoms with van der Waals surface area (Å²) in [5.74, 6) is 0.107. The fraction of sp³-hybridized carbons (Fsp3) is 0. The quantitative estimate of drug-likeness (QED) is 0.565. The third kappa shape index (κ3) is 2.70. The van der Waals surface area contributed by atoms with Crippen LogP contribution in [0.15, 0.2) is 48.0 Å². The van der Waals surface area contributed by atoms with Crippen LogP contribution in [0.2, 0.25) is 5.02 Å². The van der Waals surface area contributed by atoms with Gasteiger partial charge < -0.3 is 5.73 Å². The lowest BCUT2D eigenvalue weighted by Crippen LogP contribution is -2.03. The van der Waals surface area contributed by atoms with Crippen LogP contribution in [0.25, 0.3) is 32.7 Å². The number of benzene rings is 2. The van der Waals surface area contributed by atoms with Crippen molar-refractivity contribution in [2.24, 2.45) is 0 Å². The lowest BCUT2D eigenvalue weighted by atomic mass is 10.0. The summed E-state index contributed by atoms with van der Waals surface area (Å²) in [6.45, 7) is 0. The molecule has 0 fully saturated rings. The number of nitrogen functional groups attached to an aromatic ring is 1. The Morgan fingerprint density at radius 2 is 1.80 bits per heavy atom. The van der Waals surface area contributed by atoms with Gasteiger partial charge >= 0.3 is 0 Å². The minimum atomic E-state index is 0.0928. The van der Waals surface area contributed by atoms with Gasteiger partial charge in [0, 0.05) is 11.1 Å². The van der Waals surface area contributed by atoms with Crippen molar-refractivity contribution in [1.82, 2.24) is 15.0 Å². The zero-order chi connectivity index (χ0) is 17.4. The number of nitrogens with two attached hydrogens (primary N) is 1. The van der Waals surface area contributed by atoms with Crippen molar-refractivity contribution in [2.45, 2.75) is 0 Å². The molecular weight excluding hydrogens is 354 g/mol. The molecule has 0 saturated carbocycles. The molecule has 0 atom stereocenters. The molecule has 0 aliphatic heterocycles. The van der Waals surface area contributed by atoms with Gasteiger partial charge in [0.05, 0.1) is 32.1 Å². The van der Waals surface area contributed by atoms with E-state index in [2.05, 4.69) is 15.0 Å². The molecule has 0 saturated heterocycles.